The maximum atomic E-state index is 6.55. The third-order valence-corrected chi connectivity index (χ3v) is 5.08. The van der Waals surface area contributed by atoms with Gasteiger partial charge in [0.05, 0.1) is 40.7 Å². The minimum Gasteiger partial charge on any atom is -0.334 e. The van der Waals surface area contributed by atoms with Crippen molar-refractivity contribution in [2.24, 2.45) is 4.99 Å². The molecule has 8 heteroatoms. The quantitative estimate of drug-likeness (QED) is 0.646. The maximum absolute atomic E-state index is 6.55. The minimum absolute atomic E-state index is 0.153. The number of quaternary nitrogens is 1. The summed E-state index contributed by atoms with van der Waals surface area (Å²) in [5.74, 6) is 2.14. The van der Waals surface area contributed by atoms with Crippen LogP contribution in [-0.2, 0) is 6.54 Å². The van der Waals surface area contributed by atoms with Crippen molar-refractivity contribution in [3.8, 4) is 5.69 Å². The largest absolute Gasteiger partial charge is 0.377 e. The Morgan fingerprint density at radius 1 is 1.31 bits per heavy atom. The van der Waals surface area contributed by atoms with Crippen molar-refractivity contribution in [2.45, 2.75) is 26.3 Å². The highest BCUT2D eigenvalue weighted by Gasteiger charge is 2.47. The second-order valence-corrected chi connectivity index (χ2v) is 7.16. The van der Waals surface area contributed by atoms with Gasteiger partial charge >= 0.3 is 5.95 Å². The summed E-state index contributed by atoms with van der Waals surface area (Å²) in [6, 6.07) is 5.81. The number of hydrogen-bond acceptors (Lipinski definition) is 5. The number of aromatic nitrogens is 4. The lowest BCUT2D eigenvalue weighted by Gasteiger charge is -2.25. The van der Waals surface area contributed by atoms with Crippen molar-refractivity contribution >= 4 is 23.4 Å². The molecule has 0 saturated heterocycles. The van der Waals surface area contributed by atoms with Crippen LogP contribution in [0.1, 0.15) is 36.9 Å². The predicted octanol–water partition coefficient (Wildman–Crippen LogP) is 3.78. The lowest BCUT2D eigenvalue weighted by Crippen LogP contribution is -2.47. The van der Waals surface area contributed by atoms with Gasteiger partial charge in [0, 0.05) is 11.1 Å². The Labute approximate surface area is 154 Å². The van der Waals surface area contributed by atoms with Crippen LogP contribution in [0.25, 0.3) is 5.69 Å². The molecular formula is C18H16ClN6O+. The number of aliphatic imine (C=N–C) groups is 1. The van der Waals surface area contributed by atoms with E-state index in [0.29, 0.717) is 23.4 Å². The highest BCUT2D eigenvalue weighted by Crippen LogP contribution is 2.38. The molecule has 0 saturated carbocycles. The van der Waals surface area contributed by atoms with E-state index in [9.17, 15) is 0 Å². The Morgan fingerprint density at radius 3 is 3.00 bits per heavy atom. The van der Waals surface area contributed by atoms with Crippen molar-refractivity contribution in [3.63, 3.8) is 0 Å². The van der Waals surface area contributed by atoms with Gasteiger partial charge in [-0.15, -0.1) is 4.98 Å². The Hall–Kier alpha value is -2.77. The summed E-state index contributed by atoms with van der Waals surface area (Å²) in [4.78, 5) is 13.6. The first-order valence-corrected chi connectivity index (χ1v) is 8.76. The van der Waals surface area contributed by atoms with Gasteiger partial charge < -0.3 is 4.52 Å². The third-order valence-electron chi connectivity index (χ3n) is 4.77. The molecule has 0 fully saturated rings. The van der Waals surface area contributed by atoms with E-state index in [0.717, 1.165) is 22.8 Å². The summed E-state index contributed by atoms with van der Waals surface area (Å²) in [5.41, 5.74) is 2.79. The second-order valence-electron chi connectivity index (χ2n) is 6.76. The molecule has 2 aliphatic heterocycles. The highest BCUT2D eigenvalue weighted by molar-refractivity contribution is 6.33. The van der Waals surface area contributed by atoms with Crippen LogP contribution in [0.4, 0.5) is 5.95 Å². The Bertz CT molecular complexity index is 1080. The Kier molecular flexibility index (Phi) is 3.19. The van der Waals surface area contributed by atoms with Gasteiger partial charge in [-0.2, -0.15) is 9.48 Å². The van der Waals surface area contributed by atoms with Gasteiger partial charge in [-0.1, -0.05) is 31.5 Å². The van der Waals surface area contributed by atoms with Crippen LogP contribution >= 0.6 is 11.6 Å². The number of amidine groups is 1. The fourth-order valence-electron chi connectivity index (χ4n) is 3.50. The van der Waals surface area contributed by atoms with Crippen LogP contribution in [-0.4, -0.2) is 25.5 Å². The standard InChI is InChI=1S/C18H16ClN6O/c1-11(2)17-22-18(23-26-17)25-7-6-21-16(25)13-4-3-5-14(19)15(13)24-10-20-8-12(24)9-25/h3-8,10-11H,9H2,1-2H3/q+1. The van der Waals surface area contributed by atoms with Crippen molar-refractivity contribution < 1.29 is 4.52 Å². The first kappa shape index (κ1) is 15.5. The summed E-state index contributed by atoms with van der Waals surface area (Å²) >= 11 is 6.55. The van der Waals surface area contributed by atoms with Gasteiger partial charge in [0.2, 0.25) is 11.7 Å². The van der Waals surface area contributed by atoms with E-state index in [1.54, 1.807) is 12.5 Å². The molecule has 1 unspecified atom stereocenters. The number of benzene rings is 1. The van der Waals surface area contributed by atoms with Crippen LogP contribution in [0.2, 0.25) is 5.02 Å². The maximum Gasteiger partial charge on any atom is 0.377 e. The molecule has 2 aliphatic rings. The molecule has 0 amide bonds. The number of para-hydroxylation sites is 1. The molecule has 130 valence electrons. The van der Waals surface area contributed by atoms with Crippen LogP contribution in [0.3, 0.4) is 0 Å². The summed E-state index contributed by atoms with van der Waals surface area (Å²) in [6.45, 7) is 4.62. The molecule has 0 N–H and O–H groups in total. The summed E-state index contributed by atoms with van der Waals surface area (Å²) in [5, 5.41) is 4.93. The van der Waals surface area contributed by atoms with Crippen LogP contribution < -0.4 is 4.48 Å². The van der Waals surface area contributed by atoms with Crippen molar-refractivity contribution in [1.29, 1.82) is 0 Å². The second kappa shape index (κ2) is 5.36. The van der Waals surface area contributed by atoms with E-state index in [-0.39, 0.29) is 10.4 Å². The molecule has 1 aromatic carbocycles. The Balaban J connectivity index is 1.80. The fourth-order valence-corrected chi connectivity index (χ4v) is 3.76. The van der Waals surface area contributed by atoms with E-state index in [2.05, 4.69) is 20.1 Å². The molecule has 0 bridgehead atoms. The molecular weight excluding hydrogens is 352 g/mol. The molecule has 26 heavy (non-hydrogen) atoms. The van der Waals surface area contributed by atoms with Crippen molar-refractivity contribution in [2.75, 3.05) is 0 Å². The summed E-state index contributed by atoms with van der Waals surface area (Å²) in [7, 11) is 0. The normalized spacial score (nSPS) is 20.5. The zero-order valence-corrected chi connectivity index (χ0v) is 15.1. The van der Waals surface area contributed by atoms with Gasteiger partial charge in [-0.05, 0) is 12.1 Å². The number of rotatable bonds is 2. The average molecular weight is 368 g/mol. The van der Waals surface area contributed by atoms with Gasteiger partial charge in [-0.25, -0.2) is 4.98 Å². The zero-order valence-electron chi connectivity index (χ0n) is 14.3. The summed E-state index contributed by atoms with van der Waals surface area (Å²) in [6.07, 6.45) is 7.39. The van der Waals surface area contributed by atoms with E-state index in [1.807, 2.05) is 49.0 Å². The lowest BCUT2D eigenvalue weighted by molar-refractivity contribution is 0.355. The van der Waals surface area contributed by atoms with Crippen LogP contribution in [0.15, 0.2) is 52.6 Å². The van der Waals surface area contributed by atoms with Crippen LogP contribution in [0, 0.1) is 0 Å². The van der Waals surface area contributed by atoms with E-state index < -0.39 is 0 Å². The van der Waals surface area contributed by atoms with Gasteiger partial charge in [0.1, 0.15) is 12.7 Å². The van der Waals surface area contributed by atoms with Crippen molar-refractivity contribution in [3.05, 3.63) is 65.3 Å². The molecule has 0 aliphatic carbocycles. The minimum atomic E-state index is 0.153. The summed E-state index contributed by atoms with van der Waals surface area (Å²) < 4.78 is 7.75. The monoisotopic (exact) mass is 367 g/mol. The van der Waals surface area contributed by atoms with E-state index in [4.69, 9.17) is 16.1 Å². The number of imidazole rings is 1. The topological polar surface area (TPSA) is 69.1 Å². The fraction of sp³-hybridized carbons (Fsp3) is 0.222. The zero-order chi connectivity index (χ0) is 17.9. The first-order chi connectivity index (χ1) is 12.6. The number of fused-ring (bicyclic) bond motifs is 5. The average Bonchev–Trinajstić information content (AvgIpc) is 3.34. The third kappa shape index (κ3) is 1.98. The number of halogens is 1. The molecule has 0 radical (unpaired) electrons. The Morgan fingerprint density at radius 2 is 2.19 bits per heavy atom. The molecule has 7 nitrogen and oxygen atoms in total. The molecule has 3 aromatic rings. The first-order valence-electron chi connectivity index (χ1n) is 8.38. The molecule has 2 aromatic heterocycles. The molecule has 0 spiro atoms. The smallest absolute Gasteiger partial charge is 0.334 e. The molecule has 4 heterocycles. The lowest BCUT2D eigenvalue weighted by atomic mass is 10.1. The number of hydrogen-bond donors (Lipinski definition) is 0. The molecule has 5 rings (SSSR count). The van der Waals surface area contributed by atoms with E-state index in [1.165, 1.54) is 0 Å². The highest BCUT2D eigenvalue weighted by atomic mass is 35.5. The van der Waals surface area contributed by atoms with Crippen LogP contribution in [0.5, 0.6) is 0 Å². The molecule has 1 atom stereocenters. The van der Waals surface area contributed by atoms with Crippen molar-refractivity contribution in [1.82, 2.24) is 24.2 Å². The number of nitrogens with zero attached hydrogens (tertiary/aromatic N) is 6. The SMILES string of the molecule is CC(C)c1nc([N+]23C=CN=C2c2cccc(Cl)c2-n2cncc2C3)no1. The predicted molar refractivity (Wildman–Crippen MR) is 98.1 cm³/mol. The van der Waals surface area contributed by atoms with Gasteiger partial charge in [0.25, 0.3) is 0 Å². The van der Waals surface area contributed by atoms with E-state index >= 15 is 0 Å². The van der Waals surface area contributed by atoms with Gasteiger partial charge in [-0.3, -0.25) is 4.57 Å². The van der Waals surface area contributed by atoms with Gasteiger partial charge in [0.15, 0.2) is 0 Å².